The van der Waals surface area contributed by atoms with Gasteiger partial charge in [0.15, 0.2) is 5.60 Å². The van der Waals surface area contributed by atoms with Crippen molar-refractivity contribution in [2.45, 2.75) is 84.2 Å². The fraction of sp³-hybridized carbons (Fsp3) is 0.419. The first kappa shape index (κ1) is 27.1. The Balaban J connectivity index is 1.42. The number of aromatic nitrogens is 2. The molecule has 1 aliphatic carbocycles. The lowest BCUT2D eigenvalue weighted by atomic mass is 9.83. The van der Waals surface area contributed by atoms with E-state index in [0.717, 1.165) is 34.9 Å². The van der Waals surface area contributed by atoms with E-state index >= 15 is 4.39 Å². The molecule has 10 heteroatoms. The van der Waals surface area contributed by atoms with Crippen LogP contribution in [0.5, 0.6) is 0 Å². The molecular weight excluding hydrogens is 529 g/mol. The third kappa shape index (κ3) is 4.32. The summed E-state index contributed by atoms with van der Waals surface area (Å²) in [6, 6.07) is 3.10. The molecule has 0 saturated heterocycles. The first-order valence-corrected chi connectivity index (χ1v) is 13.9. The molecule has 1 amide bonds. The molecule has 2 aromatic heterocycles. The van der Waals surface area contributed by atoms with Gasteiger partial charge < -0.3 is 19.1 Å². The number of halogens is 1. The fourth-order valence-electron chi connectivity index (χ4n) is 6.25. The molecule has 3 aliphatic rings. The van der Waals surface area contributed by atoms with Crippen LogP contribution in [-0.2, 0) is 52.3 Å². The summed E-state index contributed by atoms with van der Waals surface area (Å²) in [5.41, 5.74) is 2.66. The highest BCUT2D eigenvalue weighted by Gasteiger charge is 2.45. The van der Waals surface area contributed by atoms with E-state index in [1.807, 2.05) is 0 Å². The van der Waals surface area contributed by atoms with Crippen LogP contribution >= 0.6 is 0 Å². The minimum absolute atomic E-state index is 0.0596. The number of rotatable bonds is 4. The minimum Gasteiger partial charge on any atom is -0.458 e. The molecule has 4 heterocycles. The monoisotopic (exact) mass is 561 g/mol. The molecule has 0 radical (unpaired) electrons. The van der Waals surface area contributed by atoms with Crippen LogP contribution in [0.3, 0.4) is 0 Å². The van der Waals surface area contributed by atoms with Gasteiger partial charge in [-0.15, -0.1) is 0 Å². The third-order valence-electron chi connectivity index (χ3n) is 8.15. The van der Waals surface area contributed by atoms with Gasteiger partial charge in [-0.05, 0) is 75.6 Å². The maximum atomic E-state index is 15.5. The van der Waals surface area contributed by atoms with Crippen LogP contribution < -0.4 is 10.9 Å². The first-order chi connectivity index (χ1) is 19.4. The first-order valence-electron chi connectivity index (χ1n) is 13.9. The Morgan fingerprint density at radius 2 is 1.98 bits per heavy atom. The molecule has 2 N–H and O–H groups in total. The summed E-state index contributed by atoms with van der Waals surface area (Å²) in [6.45, 7) is 7.10. The number of aliphatic hydroxyl groups is 1. The van der Waals surface area contributed by atoms with E-state index < -0.39 is 29.1 Å². The molecule has 0 spiro atoms. The predicted molar refractivity (Wildman–Crippen MR) is 149 cm³/mol. The van der Waals surface area contributed by atoms with Crippen molar-refractivity contribution < 1.29 is 28.6 Å². The zero-order chi connectivity index (χ0) is 29.3. The predicted octanol–water partition coefficient (Wildman–Crippen LogP) is 4.29. The molecule has 1 aromatic carbocycles. The Morgan fingerprint density at radius 3 is 2.71 bits per heavy atom. The minimum atomic E-state index is -1.91. The number of fused-ring (bicyclic) bond motifs is 5. The molecule has 41 heavy (non-hydrogen) atoms. The average molecular weight is 562 g/mol. The summed E-state index contributed by atoms with van der Waals surface area (Å²) in [5.74, 6) is -1.16. The number of hydrogen-bond donors (Lipinski definition) is 2. The normalized spacial score (nSPS) is 19.1. The highest BCUT2D eigenvalue weighted by atomic mass is 19.1. The maximum Gasteiger partial charge on any atom is 0.411 e. The Bertz CT molecular complexity index is 1740. The van der Waals surface area contributed by atoms with Gasteiger partial charge in [0.1, 0.15) is 18.0 Å². The topological polar surface area (TPSA) is 120 Å². The fourth-order valence-corrected chi connectivity index (χ4v) is 6.25. The summed E-state index contributed by atoms with van der Waals surface area (Å²) in [7, 11) is 0. The summed E-state index contributed by atoms with van der Waals surface area (Å²) in [6.07, 6.45) is 5.18. The number of nitrogens with zero attached hydrogens (tertiary/aromatic N) is 2. The number of esters is 1. The SMILES string of the molecule is CC[C@@]1(O)C(=O)OCc2c1cc1n(c2=O)Cc2c-1nc1cc(F)c(C/C=C/NC(=O)OC(C)(C)C)c3c1c2CCC3. The number of ether oxygens (including phenoxy) is 2. The summed E-state index contributed by atoms with van der Waals surface area (Å²) in [4.78, 5) is 42.8. The number of pyridine rings is 2. The molecule has 9 nitrogen and oxygen atoms in total. The van der Waals surface area contributed by atoms with Crippen molar-refractivity contribution in [1.29, 1.82) is 0 Å². The van der Waals surface area contributed by atoms with Crippen LogP contribution in [0.25, 0.3) is 22.3 Å². The smallest absolute Gasteiger partial charge is 0.411 e. The Labute approximate surface area is 236 Å². The van der Waals surface area contributed by atoms with E-state index in [9.17, 15) is 19.5 Å². The van der Waals surface area contributed by atoms with E-state index in [2.05, 4.69) is 5.32 Å². The van der Waals surface area contributed by atoms with Crippen LogP contribution in [0.4, 0.5) is 9.18 Å². The summed E-state index contributed by atoms with van der Waals surface area (Å²) >= 11 is 0. The zero-order valence-electron chi connectivity index (χ0n) is 23.5. The van der Waals surface area contributed by atoms with Crippen molar-refractivity contribution in [2.75, 3.05) is 0 Å². The number of aryl methyl sites for hydroxylation is 2. The van der Waals surface area contributed by atoms with E-state index in [-0.39, 0.29) is 36.1 Å². The second-order valence-corrected chi connectivity index (χ2v) is 11.8. The molecular formula is C31H32FN3O6. The van der Waals surface area contributed by atoms with E-state index in [0.29, 0.717) is 35.4 Å². The number of nitrogens with one attached hydrogen (secondary N) is 1. The number of alkyl carbamates (subject to hydrolysis) is 1. The molecule has 0 saturated carbocycles. The van der Waals surface area contributed by atoms with Gasteiger partial charge in [0, 0.05) is 28.8 Å². The number of allylic oxidation sites excluding steroid dienone is 1. The van der Waals surface area contributed by atoms with Gasteiger partial charge in [-0.3, -0.25) is 10.1 Å². The molecule has 2 aliphatic heterocycles. The van der Waals surface area contributed by atoms with Crippen molar-refractivity contribution >= 4 is 23.0 Å². The lowest BCUT2D eigenvalue weighted by Crippen LogP contribution is -2.44. The molecule has 6 rings (SSSR count). The largest absolute Gasteiger partial charge is 0.458 e. The van der Waals surface area contributed by atoms with Gasteiger partial charge in [0.2, 0.25) is 0 Å². The van der Waals surface area contributed by atoms with Crippen LogP contribution in [0.15, 0.2) is 29.2 Å². The van der Waals surface area contributed by atoms with Gasteiger partial charge in [0.25, 0.3) is 5.56 Å². The van der Waals surface area contributed by atoms with Gasteiger partial charge in [-0.1, -0.05) is 13.0 Å². The van der Waals surface area contributed by atoms with Crippen LogP contribution in [-0.4, -0.2) is 32.3 Å². The number of carbonyl (C=O) groups excluding carboxylic acids is 2. The quantitative estimate of drug-likeness (QED) is 0.357. The zero-order valence-corrected chi connectivity index (χ0v) is 23.5. The Kier molecular flexibility index (Phi) is 6.29. The van der Waals surface area contributed by atoms with Crippen molar-refractivity contribution in [3.05, 3.63) is 74.0 Å². The number of amides is 1. The van der Waals surface area contributed by atoms with Crippen molar-refractivity contribution in [1.82, 2.24) is 14.9 Å². The van der Waals surface area contributed by atoms with E-state index in [1.165, 1.54) is 12.3 Å². The lowest BCUT2D eigenvalue weighted by Gasteiger charge is -2.31. The number of hydrogen-bond acceptors (Lipinski definition) is 7. The van der Waals surface area contributed by atoms with E-state index in [1.54, 1.807) is 44.4 Å². The maximum absolute atomic E-state index is 15.5. The number of benzene rings is 1. The van der Waals surface area contributed by atoms with Crippen molar-refractivity contribution in [2.24, 2.45) is 0 Å². The Morgan fingerprint density at radius 1 is 1.22 bits per heavy atom. The molecule has 0 fully saturated rings. The summed E-state index contributed by atoms with van der Waals surface area (Å²) < 4.78 is 27.5. The number of carbonyl (C=O) groups is 2. The molecule has 214 valence electrons. The van der Waals surface area contributed by atoms with E-state index in [4.69, 9.17) is 14.5 Å². The van der Waals surface area contributed by atoms with Gasteiger partial charge in [-0.2, -0.15) is 0 Å². The lowest BCUT2D eigenvalue weighted by molar-refractivity contribution is -0.172. The average Bonchev–Trinajstić information content (AvgIpc) is 3.28. The standard InChI is InChI=1S/C31H32FN3O6/c1-5-31(39)21-12-24-26-19(14-35(24)27(36)20(21)15-40-28(31)37)18-9-6-8-17-16(22(32)13-23(34-26)25(17)18)10-7-11-33-29(38)41-30(2,3)4/h7,11-13,39H,5-6,8-10,14-15H2,1-4H3,(H,33,38)/b11-7+/t31-/m0/s1. The highest BCUT2D eigenvalue weighted by molar-refractivity contribution is 5.93. The second kappa shape index (κ2) is 9.51. The molecule has 3 aromatic rings. The van der Waals surface area contributed by atoms with Crippen molar-refractivity contribution in [3.8, 4) is 11.4 Å². The van der Waals surface area contributed by atoms with Crippen LogP contribution in [0, 0.1) is 5.82 Å². The molecule has 0 bridgehead atoms. The Hall–Kier alpha value is -4.05. The van der Waals surface area contributed by atoms with Crippen LogP contribution in [0.2, 0.25) is 0 Å². The second-order valence-electron chi connectivity index (χ2n) is 11.8. The van der Waals surface area contributed by atoms with Gasteiger partial charge in [-0.25, -0.2) is 19.0 Å². The van der Waals surface area contributed by atoms with Gasteiger partial charge >= 0.3 is 12.1 Å². The third-order valence-corrected chi connectivity index (χ3v) is 8.15. The summed E-state index contributed by atoms with van der Waals surface area (Å²) in [5, 5.41) is 14.6. The van der Waals surface area contributed by atoms with Crippen molar-refractivity contribution in [3.63, 3.8) is 0 Å². The molecule has 0 unspecified atom stereocenters. The molecule has 1 atom stereocenters. The number of cyclic esters (lactones) is 1. The van der Waals surface area contributed by atoms with Crippen LogP contribution in [0.1, 0.15) is 73.9 Å². The highest BCUT2D eigenvalue weighted by Crippen LogP contribution is 2.43. The van der Waals surface area contributed by atoms with Gasteiger partial charge in [0.05, 0.1) is 29.0 Å².